The smallest absolute Gasteiger partial charge is 0.201 e. The van der Waals surface area contributed by atoms with Gasteiger partial charge < -0.3 is 10.3 Å². The average Bonchev–Trinajstić information content (AvgIpc) is 3.04. The highest BCUT2D eigenvalue weighted by Gasteiger charge is 2.38. The van der Waals surface area contributed by atoms with E-state index in [0.29, 0.717) is 11.6 Å². The third-order valence-corrected chi connectivity index (χ3v) is 4.92. The van der Waals surface area contributed by atoms with Gasteiger partial charge in [0.15, 0.2) is 11.6 Å². The largest absolute Gasteiger partial charge is 0.369 e. The second-order valence-corrected chi connectivity index (χ2v) is 6.02. The van der Waals surface area contributed by atoms with Gasteiger partial charge in [-0.05, 0) is 37.9 Å². The Bertz CT molecular complexity index is 697. The van der Waals surface area contributed by atoms with Crippen LogP contribution < -0.4 is 5.73 Å². The molecule has 4 rings (SSSR count). The van der Waals surface area contributed by atoms with Crippen LogP contribution in [-0.2, 0) is 0 Å². The molecule has 2 fully saturated rings. The monoisotopic (exact) mass is 292 g/mol. The predicted octanol–water partition coefficient (Wildman–Crippen LogP) is 2.70. The first-order valence-electron chi connectivity index (χ1n) is 7.52. The van der Waals surface area contributed by atoms with E-state index in [1.54, 1.807) is 4.57 Å². The van der Waals surface area contributed by atoms with E-state index in [0.717, 1.165) is 32.0 Å². The Morgan fingerprint density at radius 3 is 2.81 bits per heavy atom. The Morgan fingerprint density at radius 2 is 1.95 bits per heavy atom. The van der Waals surface area contributed by atoms with Gasteiger partial charge in [0.25, 0.3) is 0 Å². The van der Waals surface area contributed by atoms with Crippen LogP contribution in [0.25, 0.3) is 11.0 Å². The number of halogens is 2. The minimum Gasteiger partial charge on any atom is -0.369 e. The molecule has 4 nitrogen and oxygen atoms in total. The fraction of sp³-hybridized carbons (Fsp3) is 0.533. The molecule has 21 heavy (non-hydrogen) atoms. The van der Waals surface area contributed by atoms with E-state index in [1.165, 1.54) is 18.9 Å². The van der Waals surface area contributed by atoms with Gasteiger partial charge in [0.05, 0.1) is 11.6 Å². The van der Waals surface area contributed by atoms with Crippen molar-refractivity contribution >= 4 is 17.0 Å². The molecule has 112 valence electrons. The van der Waals surface area contributed by atoms with Gasteiger partial charge in [-0.2, -0.15) is 0 Å². The van der Waals surface area contributed by atoms with E-state index in [9.17, 15) is 8.78 Å². The van der Waals surface area contributed by atoms with Gasteiger partial charge in [0.2, 0.25) is 5.95 Å². The number of piperidine rings is 1. The Labute approximate surface area is 121 Å². The average molecular weight is 292 g/mol. The maximum atomic E-state index is 14.2. The van der Waals surface area contributed by atoms with Gasteiger partial charge >= 0.3 is 0 Å². The summed E-state index contributed by atoms with van der Waals surface area (Å²) in [6.07, 6.45) is 4.39. The van der Waals surface area contributed by atoms with Crippen LogP contribution in [0.1, 0.15) is 31.7 Å². The van der Waals surface area contributed by atoms with Gasteiger partial charge in [0.1, 0.15) is 5.52 Å². The molecule has 2 aromatic rings. The summed E-state index contributed by atoms with van der Waals surface area (Å²) in [5.41, 5.74) is 6.66. The Morgan fingerprint density at radius 1 is 1.10 bits per heavy atom. The van der Waals surface area contributed by atoms with Gasteiger partial charge in [0, 0.05) is 12.6 Å². The number of nitrogens with two attached hydrogens (primary N) is 1. The van der Waals surface area contributed by atoms with Crippen LogP contribution in [0.15, 0.2) is 12.1 Å². The van der Waals surface area contributed by atoms with Crippen molar-refractivity contribution in [1.29, 1.82) is 0 Å². The number of nitrogen functional groups attached to an aromatic ring is 1. The molecule has 2 saturated heterocycles. The lowest BCUT2D eigenvalue weighted by Crippen LogP contribution is -2.38. The van der Waals surface area contributed by atoms with Crippen molar-refractivity contribution in [1.82, 2.24) is 14.5 Å². The zero-order valence-corrected chi connectivity index (χ0v) is 11.7. The van der Waals surface area contributed by atoms with Crippen LogP contribution in [0, 0.1) is 11.6 Å². The fourth-order valence-corrected chi connectivity index (χ4v) is 4.00. The molecule has 0 saturated carbocycles. The first-order valence-corrected chi connectivity index (χ1v) is 7.52. The summed E-state index contributed by atoms with van der Waals surface area (Å²) in [5, 5.41) is 0. The molecule has 3 heterocycles. The van der Waals surface area contributed by atoms with Crippen LogP contribution in [0.5, 0.6) is 0 Å². The lowest BCUT2D eigenvalue weighted by Gasteiger charge is -2.33. The number of anilines is 1. The summed E-state index contributed by atoms with van der Waals surface area (Å²) in [6, 6.07) is 3.05. The number of nitrogens with zero attached hydrogens (tertiary/aromatic N) is 3. The molecule has 0 amide bonds. The number of hydrogen-bond acceptors (Lipinski definition) is 3. The zero-order chi connectivity index (χ0) is 14.6. The van der Waals surface area contributed by atoms with Crippen molar-refractivity contribution in [2.75, 3.05) is 18.8 Å². The minimum atomic E-state index is -0.845. The molecule has 2 aliphatic rings. The maximum Gasteiger partial charge on any atom is 0.201 e. The standard InChI is InChI=1S/C15H18F2N4/c16-9-4-5-10-14(13(9)17)21(15(18)19-10)12-6-8-20-7-2-1-3-11(12)20/h4-5,11-12H,1-3,6-8H2,(H2,18,19). The van der Waals surface area contributed by atoms with Crippen LogP contribution in [0.4, 0.5) is 14.7 Å². The summed E-state index contributed by atoms with van der Waals surface area (Å²) in [7, 11) is 0. The summed E-state index contributed by atoms with van der Waals surface area (Å²) in [4.78, 5) is 6.65. The summed E-state index contributed by atoms with van der Waals surface area (Å²) >= 11 is 0. The molecular formula is C15H18F2N4. The van der Waals surface area contributed by atoms with E-state index in [1.807, 2.05) is 0 Å². The number of imidazole rings is 1. The minimum absolute atomic E-state index is 0.0894. The molecule has 0 bridgehead atoms. The molecular weight excluding hydrogens is 274 g/mol. The highest BCUT2D eigenvalue weighted by molar-refractivity contribution is 5.79. The van der Waals surface area contributed by atoms with Crippen LogP contribution in [-0.4, -0.2) is 33.6 Å². The van der Waals surface area contributed by atoms with Crippen molar-refractivity contribution < 1.29 is 8.78 Å². The molecule has 2 atom stereocenters. The van der Waals surface area contributed by atoms with Gasteiger partial charge in [-0.15, -0.1) is 0 Å². The molecule has 6 heteroatoms. The highest BCUT2D eigenvalue weighted by atomic mass is 19.2. The first kappa shape index (κ1) is 13.0. The number of fused-ring (bicyclic) bond motifs is 2. The number of rotatable bonds is 1. The summed E-state index contributed by atoms with van der Waals surface area (Å²) < 4.78 is 29.6. The molecule has 1 aromatic carbocycles. The lowest BCUT2D eigenvalue weighted by atomic mass is 9.98. The van der Waals surface area contributed by atoms with Gasteiger partial charge in [-0.1, -0.05) is 6.42 Å². The number of aromatic nitrogens is 2. The molecule has 2 N–H and O–H groups in total. The van der Waals surface area contributed by atoms with Crippen molar-refractivity contribution in [2.24, 2.45) is 0 Å². The fourth-order valence-electron chi connectivity index (χ4n) is 4.00. The zero-order valence-electron chi connectivity index (χ0n) is 11.7. The van der Waals surface area contributed by atoms with Crippen molar-refractivity contribution in [3.05, 3.63) is 23.8 Å². The predicted molar refractivity (Wildman–Crippen MR) is 76.9 cm³/mol. The summed E-state index contributed by atoms with van der Waals surface area (Å²) in [5.74, 6) is -1.40. The third kappa shape index (κ3) is 1.85. The maximum absolute atomic E-state index is 14.2. The van der Waals surface area contributed by atoms with Gasteiger partial charge in [-0.25, -0.2) is 13.8 Å². The SMILES string of the molecule is Nc1nc2ccc(F)c(F)c2n1C1CCN2CCCCC12. The quantitative estimate of drug-likeness (QED) is 0.879. The first-order chi connectivity index (χ1) is 10.2. The third-order valence-electron chi connectivity index (χ3n) is 4.92. The highest BCUT2D eigenvalue weighted by Crippen LogP contribution is 2.39. The van der Waals surface area contributed by atoms with E-state index >= 15 is 0 Å². The molecule has 0 spiro atoms. The van der Waals surface area contributed by atoms with Crippen molar-refractivity contribution in [3.8, 4) is 0 Å². The Balaban J connectivity index is 1.86. The second kappa shape index (κ2) is 4.66. The molecule has 1 aromatic heterocycles. The normalized spacial score (nSPS) is 26.4. The molecule has 2 unspecified atom stereocenters. The molecule has 0 radical (unpaired) electrons. The van der Waals surface area contributed by atoms with Crippen molar-refractivity contribution in [3.63, 3.8) is 0 Å². The van der Waals surface area contributed by atoms with E-state index in [4.69, 9.17) is 5.73 Å². The van der Waals surface area contributed by atoms with Crippen molar-refractivity contribution in [2.45, 2.75) is 37.8 Å². The molecule has 0 aliphatic carbocycles. The Hall–Kier alpha value is -1.69. The second-order valence-electron chi connectivity index (χ2n) is 6.02. The van der Waals surface area contributed by atoms with Crippen LogP contribution >= 0.6 is 0 Å². The lowest BCUT2D eigenvalue weighted by molar-refractivity contribution is 0.175. The number of benzene rings is 1. The summed E-state index contributed by atoms with van der Waals surface area (Å²) in [6.45, 7) is 2.08. The van der Waals surface area contributed by atoms with E-state index in [-0.39, 0.29) is 17.5 Å². The van der Waals surface area contributed by atoms with Crippen LogP contribution in [0.2, 0.25) is 0 Å². The number of hydrogen-bond donors (Lipinski definition) is 1. The van der Waals surface area contributed by atoms with E-state index < -0.39 is 11.6 Å². The molecule has 2 aliphatic heterocycles. The Kier molecular flexibility index (Phi) is 2.89. The topological polar surface area (TPSA) is 47.1 Å². The van der Waals surface area contributed by atoms with E-state index in [2.05, 4.69) is 9.88 Å². The van der Waals surface area contributed by atoms with Gasteiger partial charge in [-0.3, -0.25) is 4.90 Å². The van der Waals surface area contributed by atoms with Crippen LogP contribution in [0.3, 0.4) is 0 Å².